The van der Waals surface area contributed by atoms with Crippen molar-refractivity contribution in [2.75, 3.05) is 13.2 Å². The number of ether oxygens (including phenoxy) is 2. The number of nitrogens with zero attached hydrogens (tertiary/aromatic N) is 3. The van der Waals surface area contributed by atoms with Crippen molar-refractivity contribution in [1.29, 1.82) is 0 Å². The molecule has 1 unspecified atom stereocenters. The maximum Gasteiger partial charge on any atom is 0.274 e. The fraction of sp³-hybridized carbons (Fsp3) is 0.350. The van der Waals surface area contributed by atoms with Gasteiger partial charge < -0.3 is 14.8 Å². The Morgan fingerprint density at radius 1 is 1.25 bits per heavy atom. The first-order chi connectivity index (χ1) is 13.7. The molecule has 0 bridgehead atoms. The monoisotopic (exact) mass is 396 g/mol. The van der Waals surface area contributed by atoms with Gasteiger partial charge in [-0.3, -0.25) is 4.79 Å². The minimum absolute atomic E-state index is 0.0429. The van der Waals surface area contributed by atoms with Crippen LogP contribution in [0.4, 0.5) is 0 Å². The number of thiophene rings is 1. The average Bonchev–Trinajstić information content (AvgIpc) is 3.35. The summed E-state index contributed by atoms with van der Waals surface area (Å²) in [5, 5.41) is 13.6. The Hall–Kier alpha value is -2.87. The highest BCUT2D eigenvalue weighted by Gasteiger charge is 2.26. The van der Waals surface area contributed by atoms with E-state index in [9.17, 15) is 4.79 Å². The largest absolute Gasteiger partial charge is 0.486 e. The van der Waals surface area contributed by atoms with Crippen molar-refractivity contribution in [2.45, 2.75) is 32.2 Å². The number of aryl methyl sites for hydroxylation is 1. The number of hydrogen-bond donors (Lipinski definition) is 1. The number of hydrogen-bond acceptors (Lipinski definition) is 6. The van der Waals surface area contributed by atoms with Crippen LogP contribution in [-0.4, -0.2) is 34.1 Å². The number of amides is 1. The molecule has 1 aliphatic carbocycles. The van der Waals surface area contributed by atoms with E-state index in [1.807, 2.05) is 25.1 Å². The first-order valence-electron chi connectivity index (χ1n) is 9.40. The molecule has 0 fully saturated rings. The van der Waals surface area contributed by atoms with Crippen molar-refractivity contribution in [1.82, 2.24) is 20.3 Å². The molecule has 2 aromatic heterocycles. The molecule has 0 saturated heterocycles. The van der Waals surface area contributed by atoms with Crippen LogP contribution in [0.1, 0.15) is 45.5 Å². The lowest BCUT2D eigenvalue weighted by molar-refractivity contribution is 0.0927. The second kappa shape index (κ2) is 6.94. The van der Waals surface area contributed by atoms with E-state index in [1.54, 1.807) is 16.0 Å². The summed E-state index contributed by atoms with van der Waals surface area (Å²) in [5.41, 5.74) is 3.06. The lowest BCUT2D eigenvalue weighted by atomic mass is 9.94. The highest BCUT2D eigenvalue weighted by Crippen LogP contribution is 2.34. The van der Waals surface area contributed by atoms with Crippen molar-refractivity contribution < 1.29 is 14.3 Å². The van der Waals surface area contributed by atoms with Gasteiger partial charge in [0.05, 0.1) is 17.4 Å². The lowest BCUT2D eigenvalue weighted by Crippen LogP contribution is -2.31. The lowest BCUT2D eigenvalue weighted by Gasteiger charge is -2.23. The Balaban J connectivity index is 1.39. The fourth-order valence-electron chi connectivity index (χ4n) is 3.81. The summed E-state index contributed by atoms with van der Waals surface area (Å²) >= 11 is 1.76. The first kappa shape index (κ1) is 17.2. The zero-order valence-corrected chi connectivity index (χ0v) is 16.3. The Bertz CT molecular complexity index is 1040. The SMILES string of the molecule is Cc1c(C(=O)NC2CCCc3sccc32)nnn1-c1ccc2c(c1)OCCO2. The highest BCUT2D eigenvalue weighted by atomic mass is 32.1. The second-order valence-electron chi connectivity index (χ2n) is 6.98. The summed E-state index contributed by atoms with van der Waals surface area (Å²) in [6.45, 7) is 2.92. The minimum Gasteiger partial charge on any atom is -0.486 e. The summed E-state index contributed by atoms with van der Waals surface area (Å²) in [4.78, 5) is 14.2. The molecule has 0 radical (unpaired) electrons. The molecule has 28 heavy (non-hydrogen) atoms. The van der Waals surface area contributed by atoms with E-state index in [2.05, 4.69) is 27.1 Å². The number of benzene rings is 1. The molecule has 2 aliphatic rings. The third-order valence-corrected chi connectivity index (χ3v) is 6.23. The van der Waals surface area contributed by atoms with E-state index in [4.69, 9.17) is 9.47 Å². The van der Waals surface area contributed by atoms with Gasteiger partial charge in [0.25, 0.3) is 5.91 Å². The molecular formula is C20H20N4O3S. The Morgan fingerprint density at radius 2 is 2.11 bits per heavy atom. The van der Waals surface area contributed by atoms with Crippen LogP contribution in [0.15, 0.2) is 29.6 Å². The van der Waals surface area contributed by atoms with Crippen LogP contribution in [0.2, 0.25) is 0 Å². The molecule has 3 heterocycles. The van der Waals surface area contributed by atoms with Crippen LogP contribution >= 0.6 is 11.3 Å². The Kier molecular flexibility index (Phi) is 4.27. The maximum absolute atomic E-state index is 12.9. The van der Waals surface area contributed by atoms with Crippen LogP contribution < -0.4 is 14.8 Å². The van der Waals surface area contributed by atoms with Crippen LogP contribution in [0, 0.1) is 6.92 Å². The van der Waals surface area contributed by atoms with Gasteiger partial charge in [-0.05, 0) is 55.3 Å². The summed E-state index contributed by atoms with van der Waals surface area (Å²) in [7, 11) is 0. The Labute approximate surface area is 166 Å². The fourth-order valence-corrected chi connectivity index (χ4v) is 4.80. The van der Waals surface area contributed by atoms with Gasteiger partial charge in [-0.15, -0.1) is 16.4 Å². The zero-order chi connectivity index (χ0) is 19.1. The van der Waals surface area contributed by atoms with Crippen molar-refractivity contribution in [3.8, 4) is 17.2 Å². The summed E-state index contributed by atoms with van der Waals surface area (Å²) < 4.78 is 12.9. The quantitative estimate of drug-likeness (QED) is 0.735. The molecule has 144 valence electrons. The molecule has 0 spiro atoms. The molecule has 5 rings (SSSR count). The molecule has 1 amide bonds. The third kappa shape index (κ3) is 2.93. The summed E-state index contributed by atoms with van der Waals surface area (Å²) in [6, 6.07) is 7.75. The molecule has 0 saturated carbocycles. The smallest absolute Gasteiger partial charge is 0.274 e. The summed E-state index contributed by atoms with van der Waals surface area (Å²) in [6.07, 6.45) is 3.13. The first-order valence-corrected chi connectivity index (χ1v) is 10.3. The van der Waals surface area contributed by atoms with Crippen molar-refractivity contribution in [2.24, 2.45) is 0 Å². The highest BCUT2D eigenvalue weighted by molar-refractivity contribution is 7.10. The number of aromatic nitrogens is 3. The molecule has 1 atom stereocenters. The predicted octanol–water partition coefficient (Wildman–Crippen LogP) is 3.22. The van der Waals surface area contributed by atoms with Crippen LogP contribution in [0.25, 0.3) is 5.69 Å². The van der Waals surface area contributed by atoms with Gasteiger partial charge in [0.15, 0.2) is 17.2 Å². The number of nitrogens with one attached hydrogen (secondary N) is 1. The van der Waals surface area contributed by atoms with E-state index >= 15 is 0 Å². The molecular weight excluding hydrogens is 376 g/mol. The molecule has 8 heteroatoms. The maximum atomic E-state index is 12.9. The van der Waals surface area contributed by atoms with E-state index < -0.39 is 0 Å². The Morgan fingerprint density at radius 3 is 3.00 bits per heavy atom. The molecule has 1 aliphatic heterocycles. The van der Waals surface area contributed by atoms with Gasteiger partial charge in [0.2, 0.25) is 0 Å². The third-order valence-electron chi connectivity index (χ3n) is 5.24. The van der Waals surface area contributed by atoms with Gasteiger partial charge in [-0.2, -0.15) is 0 Å². The number of carbonyl (C=O) groups excluding carboxylic acids is 1. The van der Waals surface area contributed by atoms with Gasteiger partial charge in [0, 0.05) is 10.9 Å². The topological polar surface area (TPSA) is 78.3 Å². The van der Waals surface area contributed by atoms with Crippen molar-refractivity contribution >= 4 is 17.2 Å². The minimum atomic E-state index is -0.189. The van der Waals surface area contributed by atoms with Gasteiger partial charge >= 0.3 is 0 Å². The van der Waals surface area contributed by atoms with Crippen LogP contribution in [-0.2, 0) is 6.42 Å². The summed E-state index contributed by atoms with van der Waals surface area (Å²) in [5.74, 6) is 1.21. The van der Waals surface area contributed by atoms with Gasteiger partial charge in [-0.1, -0.05) is 5.21 Å². The van der Waals surface area contributed by atoms with Crippen LogP contribution in [0.5, 0.6) is 11.5 Å². The molecule has 7 nitrogen and oxygen atoms in total. The molecule has 1 N–H and O–H groups in total. The second-order valence-corrected chi connectivity index (χ2v) is 7.98. The van der Waals surface area contributed by atoms with E-state index in [1.165, 1.54) is 10.4 Å². The van der Waals surface area contributed by atoms with Crippen molar-refractivity contribution in [3.05, 3.63) is 51.5 Å². The van der Waals surface area contributed by atoms with Crippen LogP contribution in [0.3, 0.4) is 0 Å². The van der Waals surface area contributed by atoms with Gasteiger partial charge in [-0.25, -0.2) is 4.68 Å². The number of carbonyl (C=O) groups is 1. The molecule has 3 aromatic rings. The number of fused-ring (bicyclic) bond motifs is 2. The average molecular weight is 396 g/mol. The normalized spacial score (nSPS) is 17.8. The van der Waals surface area contributed by atoms with Crippen molar-refractivity contribution in [3.63, 3.8) is 0 Å². The number of rotatable bonds is 3. The standard InChI is InChI=1S/C20H20N4O3S/c1-12-19(20(25)21-15-3-2-4-18-14(15)7-10-28-18)22-23-24(12)13-5-6-16-17(11-13)27-9-8-26-16/h5-7,10-11,15H,2-4,8-9H2,1H3,(H,21,25). The van der Waals surface area contributed by atoms with E-state index in [0.717, 1.165) is 30.7 Å². The molecule has 1 aromatic carbocycles. The van der Waals surface area contributed by atoms with Gasteiger partial charge in [0.1, 0.15) is 13.2 Å². The zero-order valence-electron chi connectivity index (χ0n) is 15.5. The van der Waals surface area contributed by atoms with E-state index in [0.29, 0.717) is 30.4 Å². The predicted molar refractivity (Wildman–Crippen MR) is 105 cm³/mol. The van der Waals surface area contributed by atoms with E-state index in [-0.39, 0.29) is 11.9 Å².